The van der Waals surface area contributed by atoms with Gasteiger partial charge in [-0.2, -0.15) is 0 Å². The van der Waals surface area contributed by atoms with Crippen molar-refractivity contribution in [3.05, 3.63) is 64.2 Å². The molecule has 0 unspecified atom stereocenters. The molecule has 3 rings (SSSR count). The number of nitro benzene ring substituents is 1. The minimum absolute atomic E-state index is 0.0113. The Hall–Kier alpha value is -3.30. The number of non-ortho nitro benzene ring substituents is 1. The number of anilines is 1. The fraction of sp³-hybridized carbons (Fsp3) is 0.273. The summed E-state index contributed by atoms with van der Waals surface area (Å²) >= 11 is 1.44. The molecule has 2 aromatic carbocycles. The van der Waals surface area contributed by atoms with Gasteiger partial charge < -0.3 is 9.64 Å². The lowest BCUT2D eigenvalue weighted by molar-refractivity contribution is -0.384. The molecule has 0 saturated heterocycles. The molecule has 9 heteroatoms. The summed E-state index contributed by atoms with van der Waals surface area (Å²) < 4.78 is 6.34. The largest absolute Gasteiger partial charge is 0.494 e. The van der Waals surface area contributed by atoms with Gasteiger partial charge in [-0.1, -0.05) is 17.4 Å². The van der Waals surface area contributed by atoms with Crippen LogP contribution >= 0.6 is 11.3 Å². The van der Waals surface area contributed by atoms with Gasteiger partial charge in [-0.3, -0.25) is 19.8 Å². The van der Waals surface area contributed by atoms with Crippen molar-refractivity contribution in [1.29, 1.82) is 0 Å². The van der Waals surface area contributed by atoms with Gasteiger partial charge in [-0.25, -0.2) is 4.98 Å². The molecule has 0 fully saturated rings. The Morgan fingerprint density at radius 3 is 2.58 bits per heavy atom. The summed E-state index contributed by atoms with van der Waals surface area (Å²) in [5.41, 5.74) is 1.45. The number of benzene rings is 2. The van der Waals surface area contributed by atoms with Crippen LogP contribution in [0.1, 0.15) is 12.0 Å². The maximum Gasteiger partial charge on any atom is 0.269 e. The highest BCUT2D eigenvalue weighted by atomic mass is 32.1. The van der Waals surface area contributed by atoms with Crippen LogP contribution in [0.25, 0.3) is 16.3 Å². The maximum absolute atomic E-state index is 13.1. The Bertz CT molecular complexity index is 1090. The lowest BCUT2D eigenvalue weighted by Gasteiger charge is -2.19. The van der Waals surface area contributed by atoms with E-state index in [4.69, 9.17) is 4.74 Å². The van der Waals surface area contributed by atoms with E-state index in [1.807, 2.05) is 32.3 Å². The Balaban J connectivity index is 1.85. The molecular weight excluding hydrogens is 416 g/mol. The van der Waals surface area contributed by atoms with E-state index >= 15 is 0 Å². The Labute approximate surface area is 184 Å². The van der Waals surface area contributed by atoms with Crippen LogP contribution in [0.15, 0.2) is 48.5 Å². The SMILES string of the molecule is COc1cccc2sc(N(CCCN(C)C)C(=O)/C=C\c3ccc([N+](=O)[O-])cc3)nc12. The number of para-hydroxylation sites is 1. The molecular formula is C22H24N4O4S. The second-order valence-electron chi connectivity index (χ2n) is 7.13. The van der Waals surface area contributed by atoms with Crippen molar-refractivity contribution in [1.82, 2.24) is 9.88 Å². The topological polar surface area (TPSA) is 88.8 Å². The summed E-state index contributed by atoms with van der Waals surface area (Å²) in [5.74, 6) is 0.470. The third-order valence-electron chi connectivity index (χ3n) is 4.60. The van der Waals surface area contributed by atoms with E-state index in [-0.39, 0.29) is 11.6 Å². The van der Waals surface area contributed by atoms with E-state index in [1.165, 1.54) is 29.5 Å². The molecule has 1 heterocycles. The maximum atomic E-state index is 13.1. The number of fused-ring (bicyclic) bond motifs is 1. The first-order valence-corrected chi connectivity index (χ1v) is 10.5. The van der Waals surface area contributed by atoms with Crippen LogP contribution in [0.2, 0.25) is 0 Å². The van der Waals surface area contributed by atoms with Crippen LogP contribution in [-0.4, -0.2) is 55.0 Å². The van der Waals surface area contributed by atoms with Crippen LogP contribution < -0.4 is 9.64 Å². The molecule has 0 radical (unpaired) electrons. The van der Waals surface area contributed by atoms with Crippen molar-refractivity contribution in [2.45, 2.75) is 6.42 Å². The van der Waals surface area contributed by atoms with Crippen molar-refractivity contribution in [3.8, 4) is 5.75 Å². The van der Waals surface area contributed by atoms with Crippen LogP contribution in [0, 0.1) is 10.1 Å². The van der Waals surface area contributed by atoms with Crippen LogP contribution in [0.3, 0.4) is 0 Å². The van der Waals surface area contributed by atoms with Gasteiger partial charge in [0.15, 0.2) is 5.13 Å². The van der Waals surface area contributed by atoms with Gasteiger partial charge in [0.25, 0.3) is 11.6 Å². The fourth-order valence-electron chi connectivity index (χ4n) is 3.00. The lowest BCUT2D eigenvalue weighted by Crippen LogP contribution is -2.32. The Morgan fingerprint density at radius 1 is 1.19 bits per heavy atom. The monoisotopic (exact) mass is 440 g/mol. The number of carbonyl (C=O) groups is 1. The smallest absolute Gasteiger partial charge is 0.269 e. The van der Waals surface area contributed by atoms with Crippen molar-refractivity contribution in [2.75, 3.05) is 39.2 Å². The van der Waals surface area contributed by atoms with E-state index in [0.29, 0.717) is 23.0 Å². The zero-order valence-electron chi connectivity index (χ0n) is 17.6. The van der Waals surface area contributed by atoms with Gasteiger partial charge in [0, 0.05) is 24.8 Å². The van der Waals surface area contributed by atoms with Crippen molar-refractivity contribution in [2.24, 2.45) is 0 Å². The third kappa shape index (κ3) is 5.65. The molecule has 0 atom stereocenters. The number of carbonyl (C=O) groups excluding carboxylic acids is 1. The first-order chi connectivity index (χ1) is 14.9. The van der Waals surface area contributed by atoms with Crippen LogP contribution in [-0.2, 0) is 4.79 Å². The first-order valence-electron chi connectivity index (χ1n) is 9.71. The zero-order valence-corrected chi connectivity index (χ0v) is 18.5. The van der Waals surface area contributed by atoms with Crippen LogP contribution in [0.5, 0.6) is 5.75 Å². The summed E-state index contributed by atoms with van der Waals surface area (Å²) in [6, 6.07) is 11.8. The van der Waals surface area contributed by atoms with Gasteiger partial charge in [0.2, 0.25) is 0 Å². The molecule has 0 saturated carbocycles. The molecule has 0 spiro atoms. The average molecular weight is 441 g/mol. The highest BCUT2D eigenvalue weighted by molar-refractivity contribution is 7.22. The Kier molecular flexibility index (Phi) is 7.32. The number of methoxy groups -OCH3 is 1. The van der Waals surface area contributed by atoms with E-state index in [0.717, 1.165) is 23.2 Å². The zero-order chi connectivity index (χ0) is 22.4. The molecule has 0 aliphatic heterocycles. The third-order valence-corrected chi connectivity index (χ3v) is 5.64. The van der Waals surface area contributed by atoms with E-state index in [1.54, 1.807) is 30.2 Å². The summed E-state index contributed by atoms with van der Waals surface area (Å²) in [6.07, 6.45) is 3.91. The molecule has 3 aromatic rings. The van der Waals surface area contributed by atoms with Gasteiger partial charge in [0.1, 0.15) is 11.3 Å². The fourth-order valence-corrected chi connectivity index (χ4v) is 4.02. The standard InChI is InChI=1S/C22H24N4O4S/c1-24(2)14-5-15-25(22-23-21-18(30-3)6-4-7-19(21)31-22)20(27)13-10-16-8-11-17(12-9-16)26(28)29/h4,6-13H,5,14-15H2,1-3H3/b13-10-. The number of hydrogen-bond donors (Lipinski definition) is 0. The van der Waals surface area contributed by atoms with Crippen LogP contribution in [0.4, 0.5) is 10.8 Å². The van der Waals surface area contributed by atoms with Gasteiger partial charge in [-0.15, -0.1) is 0 Å². The molecule has 31 heavy (non-hydrogen) atoms. The highest BCUT2D eigenvalue weighted by Gasteiger charge is 2.19. The molecule has 0 aliphatic carbocycles. The predicted molar refractivity (Wildman–Crippen MR) is 124 cm³/mol. The minimum Gasteiger partial charge on any atom is -0.494 e. The number of ether oxygens (including phenoxy) is 1. The molecule has 1 amide bonds. The lowest BCUT2D eigenvalue weighted by atomic mass is 10.2. The average Bonchev–Trinajstić information content (AvgIpc) is 3.19. The number of nitrogens with zero attached hydrogens (tertiary/aromatic N) is 4. The summed E-state index contributed by atoms with van der Waals surface area (Å²) in [6.45, 7) is 1.35. The highest BCUT2D eigenvalue weighted by Crippen LogP contribution is 2.34. The second-order valence-corrected chi connectivity index (χ2v) is 8.14. The number of hydrogen-bond acceptors (Lipinski definition) is 7. The molecule has 162 valence electrons. The molecule has 8 nitrogen and oxygen atoms in total. The number of aromatic nitrogens is 1. The van der Waals surface area contributed by atoms with E-state index < -0.39 is 4.92 Å². The van der Waals surface area contributed by atoms with Gasteiger partial charge >= 0.3 is 0 Å². The summed E-state index contributed by atoms with van der Waals surface area (Å²) in [4.78, 5) is 31.8. The van der Waals surface area contributed by atoms with E-state index in [2.05, 4.69) is 9.88 Å². The minimum atomic E-state index is -0.452. The predicted octanol–water partition coefficient (Wildman–Crippen LogP) is 4.21. The van der Waals surface area contributed by atoms with Crippen molar-refractivity contribution < 1.29 is 14.5 Å². The summed E-state index contributed by atoms with van der Waals surface area (Å²) in [5, 5.41) is 11.4. The van der Waals surface area contributed by atoms with Gasteiger partial charge in [-0.05, 0) is 63.0 Å². The quantitative estimate of drug-likeness (QED) is 0.281. The Morgan fingerprint density at radius 2 is 1.94 bits per heavy atom. The number of amides is 1. The molecule has 0 aliphatic rings. The number of thiazole rings is 1. The van der Waals surface area contributed by atoms with Crippen molar-refractivity contribution in [3.63, 3.8) is 0 Å². The van der Waals surface area contributed by atoms with Crippen molar-refractivity contribution >= 4 is 44.4 Å². The number of nitro groups is 1. The second kappa shape index (κ2) is 10.1. The van der Waals surface area contributed by atoms with Gasteiger partial charge in [0.05, 0.1) is 16.7 Å². The molecule has 0 N–H and O–H groups in total. The summed E-state index contributed by atoms with van der Waals surface area (Å²) in [7, 11) is 5.58. The van der Waals surface area contributed by atoms with E-state index in [9.17, 15) is 14.9 Å². The first kappa shape index (κ1) is 22.4. The molecule has 0 bridgehead atoms. The normalized spacial score (nSPS) is 11.4. The molecule has 1 aromatic heterocycles. The number of rotatable bonds is 9.